The summed E-state index contributed by atoms with van der Waals surface area (Å²) in [5.74, 6) is 0. The van der Waals surface area contributed by atoms with Crippen molar-refractivity contribution in [3.8, 4) is 33.9 Å². The van der Waals surface area contributed by atoms with Crippen LogP contribution in [0.5, 0.6) is 0 Å². The fourth-order valence-corrected chi connectivity index (χ4v) is 3.92. The zero-order valence-corrected chi connectivity index (χ0v) is 17.2. The number of rotatable bonds is 3. The summed E-state index contributed by atoms with van der Waals surface area (Å²) in [6.07, 6.45) is 3.58. The van der Waals surface area contributed by atoms with Crippen LogP contribution in [-0.2, 0) is 0 Å². The van der Waals surface area contributed by atoms with E-state index in [4.69, 9.17) is 9.97 Å². The molecule has 0 amide bonds. The van der Waals surface area contributed by atoms with Crippen LogP contribution in [0.15, 0.2) is 109 Å². The summed E-state index contributed by atoms with van der Waals surface area (Å²) in [5.41, 5.74) is 7.67. The molecule has 0 saturated carbocycles. The van der Waals surface area contributed by atoms with Gasteiger partial charge in [-0.25, -0.2) is 9.97 Å². The lowest BCUT2D eigenvalue weighted by atomic mass is 10.0. The number of benzene rings is 2. The third kappa shape index (κ3) is 3.38. The lowest BCUT2D eigenvalue weighted by molar-refractivity contribution is 1.27. The number of hydrogen-bond acceptors (Lipinski definition) is 4. The first kappa shape index (κ1) is 18.3. The van der Waals surface area contributed by atoms with E-state index >= 15 is 0 Å². The molecule has 4 nitrogen and oxygen atoms in total. The van der Waals surface area contributed by atoms with E-state index in [0.29, 0.717) is 0 Å². The van der Waals surface area contributed by atoms with Crippen LogP contribution in [0.4, 0.5) is 0 Å². The molecule has 4 aromatic heterocycles. The number of aromatic nitrogens is 4. The Morgan fingerprint density at radius 3 is 1.69 bits per heavy atom. The number of hydrogen-bond donors (Lipinski definition) is 0. The Hall–Kier alpha value is -4.44. The first-order valence-corrected chi connectivity index (χ1v) is 10.5. The normalized spacial score (nSPS) is 11.1. The van der Waals surface area contributed by atoms with Gasteiger partial charge in [0.2, 0.25) is 0 Å². The standard InChI is InChI=1S/C28H18N4/c1-3-15-29-24(5-1)26-14-11-22-17-20(10-12-23(22)31-26)21-8-7-19-9-13-27(32-28(19)18-21)25-6-2-4-16-30-25/h1-18H. The molecule has 0 fully saturated rings. The van der Waals surface area contributed by atoms with Crippen molar-refractivity contribution < 1.29 is 0 Å². The maximum Gasteiger partial charge on any atom is 0.0893 e. The van der Waals surface area contributed by atoms with Crippen LogP contribution in [0.1, 0.15) is 0 Å². The summed E-state index contributed by atoms with van der Waals surface area (Å²) in [5, 5.41) is 2.20. The van der Waals surface area contributed by atoms with E-state index in [2.05, 4.69) is 58.5 Å². The molecule has 4 heterocycles. The van der Waals surface area contributed by atoms with Gasteiger partial charge in [0.25, 0.3) is 0 Å². The van der Waals surface area contributed by atoms with E-state index in [9.17, 15) is 0 Å². The van der Waals surface area contributed by atoms with Crippen molar-refractivity contribution in [2.75, 3.05) is 0 Å². The van der Waals surface area contributed by atoms with Crippen LogP contribution in [0.25, 0.3) is 55.7 Å². The van der Waals surface area contributed by atoms with Gasteiger partial charge in [0, 0.05) is 23.2 Å². The summed E-state index contributed by atoms with van der Waals surface area (Å²) in [6, 6.07) is 32.7. The molecule has 0 aliphatic carbocycles. The summed E-state index contributed by atoms with van der Waals surface area (Å²) in [4.78, 5) is 18.5. The predicted molar refractivity (Wildman–Crippen MR) is 129 cm³/mol. The Morgan fingerprint density at radius 2 is 1.00 bits per heavy atom. The lowest BCUT2D eigenvalue weighted by Gasteiger charge is -2.08. The highest BCUT2D eigenvalue weighted by Gasteiger charge is 2.07. The van der Waals surface area contributed by atoms with Crippen LogP contribution < -0.4 is 0 Å². The molecule has 0 unspecified atom stereocenters. The molecule has 0 bridgehead atoms. The largest absolute Gasteiger partial charge is 0.255 e. The quantitative estimate of drug-likeness (QED) is 0.331. The summed E-state index contributed by atoms with van der Waals surface area (Å²) in [7, 11) is 0. The van der Waals surface area contributed by atoms with Crippen molar-refractivity contribution in [2.24, 2.45) is 0 Å². The average Bonchev–Trinajstić information content (AvgIpc) is 2.88. The summed E-state index contributed by atoms with van der Waals surface area (Å²) < 4.78 is 0. The van der Waals surface area contributed by atoms with Crippen molar-refractivity contribution in [1.29, 1.82) is 0 Å². The van der Waals surface area contributed by atoms with Crippen LogP contribution in [-0.4, -0.2) is 19.9 Å². The van der Waals surface area contributed by atoms with Gasteiger partial charge in [0.05, 0.1) is 33.8 Å². The Balaban J connectivity index is 1.40. The van der Waals surface area contributed by atoms with Gasteiger partial charge in [-0.1, -0.05) is 42.5 Å². The Morgan fingerprint density at radius 1 is 0.406 bits per heavy atom. The van der Waals surface area contributed by atoms with Crippen LogP contribution in [0.3, 0.4) is 0 Å². The molecule has 0 radical (unpaired) electrons. The smallest absolute Gasteiger partial charge is 0.0893 e. The van der Waals surface area contributed by atoms with Gasteiger partial charge < -0.3 is 0 Å². The van der Waals surface area contributed by atoms with E-state index in [1.807, 2.05) is 48.5 Å². The van der Waals surface area contributed by atoms with Gasteiger partial charge >= 0.3 is 0 Å². The zero-order valence-electron chi connectivity index (χ0n) is 17.2. The molecule has 6 aromatic rings. The molecule has 0 atom stereocenters. The first-order valence-electron chi connectivity index (χ1n) is 10.5. The van der Waals surface area contributed by atoms with Crippen molar-refractivity contribution in [3.63, 3.8) is 0 Å². The summed E-state index contributed by atoms with van der Waals surface area (Å²) in [6.45, 7) is 0. The van der Waals surface area contributed by atoms with Crippen molar-refractivity contribution in [1.82, 2.24) is 19.9 Å². The molecule has 32 heavy (non-hydrogen) atoms. The Bertz CT molecular complexity index is 1560. The van der Waals surface area contributed by atoms with Crippen LogP contribution in [0, 0.1) is 0 Å². The monoisotopic (exact) mass is 410 g/mol. The van der Waals surface area contributed by atoms with Crippen molar-refractivity contribution in [2.45, 2.75) is 0 Å². The molecule has 0 N–H and O–H groups in total. The van der Waals surface area contributed by atoms with Crippen molar-refractivity contribution in [3.05, 3.63) is 109 Å². The third-order valence-corrected chi connectivity index (χ3v) is 5.57. The first-order chi connectivity index (χ1) is 15.8. The lowest BCUT2D eigenvalue weighted by Crippen LogP contribution is -1.89. The topological polar surface area (TPSA) is 51.6 Å². The van der Waals surface area contributed by atoms with Gasteiger partial charge in [-0.3, -0.25) is 9.97 Å². The highest BCUT2D eigenvalue weighted by Crippen LogP contribution is 2.28. The number of fused-ring (bicyclic) bond motifs is 2. The minimum atomic E-state index is 0.875. The van der Waals surface area contributed by atoms with Gasteiger partial charge in [-0.05, 0) is 65.7 Å². The minimum Gasteiger partial charge on any atom is -0.255 e. The van der Waals surface area contributed by atoms with E-state index in [0.717, 1.165) is 55.7 Å². The molecule has 0 aliphatic heterocycles. The second-order valence-corrected chi connectivity index (χ2v) is 7.64. The van der Waals surface area contributed by atoms with Crippen LogP contribution in [0.2, 0.25) is 0 Å². The second kappa shape index (κ2) is 7.67. The maximum atomic E-state index is 4.86. The molecule has 4 heteroatoms. The molecule has 150 valence electrons. The zero-order chi connectivity index (χ0) is 21.3. The molecule has 0 aliphatic rings. The third-order valence-electron chi connectivity index (χ3n) is 5.57. The Labute approximate surface area is 185 Å². The Kier molecular flexibility index (Phi) is 4.40. The molecular formula is C28H18N4. The van der Waals surface area contributed by atoms with E-state index < -0.39 is 0 Å². The maximum absolute atomic E-state index is 4.86. The molecule has 2 aromatic carbocycles. The molecule has 6 rings (SSSR count). The molecule has 0 spiro atoms. The number of nitrogens with zero attached hydrogens (tertiary/aromatic N) is 4. The van der Waals surface area contributed by atoms with Gasteiger partial charge in [0.1, 0.15) is 0 Å². The fourth-order valence-electron chi connectivity index (χ4n) is 3.92. The summed E-state index contributed by atoms with van der Waals surface area (Å²) >= 11 is 0. The molecular weight excluding hydrogens is 392 g/mol. The SMILES string of the molecule is c1ccc(-c2ccc3cc(-c4ccc5ccc(-c6ccccn6)nc5c4)ccc3n2)nc1. The van der Waals surface area contributed by atoms with Gasteiger partial charge in [0.15, 0.2) is 0 Å². The highest BCUT2D eigenvalue weighted by molar-refractivity contribution is 5.90. The number of pyridine rings is 4. The van der Waals surface area contributed by atoms with E-state index in [-0.39, 0.29) is 0 Å². The fraction of sp³-hybridized carbons (Fsp3) is 0. The predicted octanol–water partition coefficient (Wildman–Crippen LogP) is 6.57. The van der Waals surface area contributed by atoms with E-state index in [1.54, 1.807) is 12.4 Å². The molecule has 0 saturated heterocycles. The van der Waals surface area contributed by atoms with Gasteiger partial charge in [-0.15, -0.1) is 0 Å². The minimum absolute atomic E-state index is 0.875. The van der Waals surface area contributed by atoms with E-state index in [1.165, 1.54) is 0 Å². The van der Waals surface area contributed by atoms with Gasteiger partial charge in [-0.2, -0.15) is 0 Å². The van der Waals surface area contributed by atoms with Crippen molar-refractivity contribution >= 4 is 21.8 Å². The highest BCUT2D eigenvalue weighted by atomic mass is 14.8. The second-order valence-electron chi connectivity index (χ2n) is 7.64. The average molecular weight is 410 g/mol. The van der Waals surface area contributed by atoms with Crippen LogP contribution >= 0.6 is 0 Å².